The van der Waals surface area contributed by atoms with Gasteiger partial charge in [0.1, 0.15) is 6.26 Å². The predicted molar refractivity (Wildman–Crippen MR) is 67.9 cm³/mol. The molecule has 0 saturated carbocycles. The average molecular weight is 287 g/mol. The number of carboxylic acid groups (broad SMARTS) is 1. The Balaban J connectivity index is 2.28. The molecule has 94 valence electrons. The SMILES string of the molecule is Cc1cc(Cl)c(Nc2nc(C(=O)O)co2)cc1Cl. The van der Waals surface area contributed by atoms with E-state index in [1.165, 1.54) is 0 Å². The minimum absolute atomic E-state index is 0.0363. The van der Waals surface area contributed by atoms with Crippen molar-refractivity contribution >= 4 is 40.9 Å². The molecule has 0 spiro atoms. The van der Waals surface area contributed by atoms with Gasteiger partial charge in [-0.25, -0.2) is 4.79 Å². The molecule has 0 amide bonds. The Hall–Kier alpha value is -1.72. The Bertz CT molecular complexity index is 610. The van der Waals surface area contributed by atoms with Gasteiger partial charge in [-0.1, -0.05) is 23.2 Å². The van der Waals surface area contributed by atoms with Gasteiger partial charge in [0.25, 0.3) is 6.01 Å². The fourth-order valence-electron chi connectivity index (χ4n) is 1.29. The molecule has 0 aliphatic heterocycles. The zero-order valence-corrected chi connectivity index (χ0v) is 10.7. The summed E-state index contributed by atoms with van der Waals surface area (Å²) in [6, 6.07) is 3.34. The molecule has 2 aromatic rings. The third kappa shape index (κ3) is 2.57. The second-order valence-electron chi connectivity index (χ2n) is 3.55. The summed E-state index contributed by atoms with van der Waals surface area (Å²) in [5, 5.41) is 12.4. The lowest BCUT2D eigenvalue weighted by atomic mass is 10.2. The van der Waals surface area contributed by atoms with Crippen molar-refractivity contribution in [2.45, 2.75) is 6.92 Å². The van der Waals surface area contributed by atoms with E-state index >= 15 is 0 Å². The van der Waals surface area contributed by atoms with Crippen LogP contribution in [0.1, 0.15) is 16.1 Å². The molecule has 7 heteroatoms. The third-order valence-corrected chi connectivity index (χ3v) is 2.93. The number of oxazole rings is 1. The number of hydrogen-bond donors (Lipinski definition) is 2. The first-order valence-corrected chi connectivity index (χ1v) is 5.64. The maximum absolute atomic E-state index is 10.6. The van der Waals surface area contributed by atoms with Crippen LogP contribution in [0.25, 0.3) is 0 Å². The number of carbonyl (C=O) groups is 1. The number of halogens is 2. The van der Waals surface area contributed by atoms with Crippen molar-refractivity contribution in [3.8, 4) is 0 Å². The second kappa shape index (κ2) is 4.88. The summed E-state index contributed by atoms with van der Waals surface area (Å²) in [7, 11) is 0. The molecule has 18 heavy (non-hydrogen) atoms. The molecule has 0 radical (unpaired) electrons. The van der Waals surface area contributed by atoms with Crippen LogP contribution < -0.4 is 5.32 Å². The number of carboxylic acids is 1. The molecule has 0 aliphatic carbocycles. The summed E-state index contributed by atoms with van der Waals surface area (Å²) >= 11 is 12.0. The highest BCUT2D eigenvalue weighted by Crippen LogP contribution is 2.30. The maximum Gasteiger partial charge on any atom is 0.357 e. The summed E-state index contributed by atoms with van der Waals surface area (Å²) < 4.78 is 4.95. The van der Waals surface area contributed by atoms with Crippen LogP contribution >= 0.6 is 23.2 Å². The number of aryl methyl sites for hydroxylation is 1. The number of aromatic nitrogens is 1. The smallest absolute Gasteiger partial charge is 0.357 e. The lowest BCUT2D eigenvalue weighted by Gasteiger charge is -2.06. The molecule has 0 saturated heterocycles. The zero-order chi connectivity index (χ0) is 13.3. The summed E-state index contributed by atoms with van der Waals surface area (Å²) in [6.45, 7) is 1.83. The first kappa shape index (κ1) is 12.7. The van der Waals surface area contributed by atoms with Gasteiger partial charge in [-0.15, -0.1) is 0 Å². The Kier molecular flexibility index (Phi) is 3.45. The molecule has 2 N–H and O–H groups in total. The molecular weight excluding hydrogens is 279 g/mol. The predicted octanol–water partition coefficient (Wildman–Crippen LogP) is 3.73. The van der Waals surface area contributed by atoms with E-state index in [-0.39, 0.29) is 11.7 Å². The van der Waals surface area contributed by atoms with Gasteiger partial charge in [0.2, 0.25) is 0 Å². The fraction of sp³-hybridized carbons (Fsp3) is 0.0909. The van der Waals surface area contributed by atoms with Gasteiger partial charge < -0.3 is 14.8 Å². The molecule has 0 aliphatic rings. The number of nitrogens with zero attached hydrogens (tertiary/aromatic N) is 1. The van der Waals surface area contributed by atoms with E-state index in [9.17, 15) is 4.79 Å². The van der Waals surface area contributed by atoms with Crippen molar-refractivity contribution in [3.05, 3.63) is 39.7 Å². The zero-order valence-electron chi connectivity index (χ0n) is 9.20. The van der Waals surface area contributed by atoms with E-state index in [1.807, 2.05) is 6.92 Å². The van der Waals surface area contributed by atoms with Crippen LogP contribution in [0.4, 0.5) is 11.7 Å². The molecule has 0 fully saturated rings. The number of rotatable bonds is 3. The normalized spacial score (nSPS) is 10.4. The van der Waals surface area contributed by atoms with Crippen molar-refractivity contribution in [3.63, 3.8) is 0 Å². The van der Waals surface area contributed by atoms with Gasteiger partial charge in [-0.3, -0.25) is 0 Å². The number of hydrogen-bond acceptors (Lipinski definition) is 4. The highest BCUT2D eigenvalue weighted by atomic mass is 35.5. The van der Waals surface area contributed by atoms with Crippen molar-refractivity contribution in [2.24, 2.45) is 0 Å². The topological polar surface area (TPSA) is 75.4 Å². The molecule has 0 atom stereocenters. The number of nitrogens with one attached hydrogen (secondary N) is 1. The molecule has 0 unspecified atom stereocenters. The number of anilines is 2. The first-order valence-electron chi connectivity index (χ1n) is 4.89. The van der Waals surface area contributed by atoms with E-state index < -0.39 is 5.97 Å². The van der Waals surface area contributed by atoms with Crippen LogP contribution in [0.3, 0.4) is 0 Å². The summed E-state index contributed by atoms with van der Waals surface area (Å²) in [5.74, 6) is -1.17. The maximum atomic E-state index is 10.6. The lowest BCUT2D eigenvalue weighted by molar-refractivity contribution is 0.0690. The Labute approximate surface area is 112 Å². The summed E-state index contributed by atoms with van der Waals surface area (Å²) in [6.07, 6.45) is 1.04. The molecule has 1 aromatic carbocycles. The highest BCUT2D eigenvalue weighted by Gasteiger charge is 2.12. The molecule has 1 aromatic heterocycles. The van der Waals surface area contributed by atoms with Crippen molar-refractivity contribution in [1.82, 2.24) is 4.98 Å². The van der Waals surface area contributed by atoms with Crippen LogP contribution in [-0.4, -0.2) is 16.1 Å². The summed E-state index contributed by atoms with van der Waals surface area (Å²) in [4.78, 5) is 14.4. The highest BCUT2D eigenvalue weighted by molar-refractivity contribution is 6.35. The first-order chi connectivity index (χ1) is 8.47. The van der Waals surface area contributed by atoms with E-state index in [2.05, 4.69) is 10.3 Å². The van der Waals surface area contributed by atoms with Crippen molar-refractivity contribution in [2.75, 3.05) is 5.32 Å². The third-order valence-electron chi connectivity index (χ3n) is 2.21. The van der Waals surface area contributed by atoms with Crippen LogP contribution in [-0.2, 0) is 0 Å². The lowest BCUT2D eigenvalue weighted by Crippen LogP contribution is -1.97. The van der Waals surface area contributed by atoms with Gasteiger partial charge in [0, 0.05) is 5.02 Å². The minimum Gasteiger partial charge on any atom is -0.476 e. The van der Waals surface area contributed by atoms with Gasteiger partial charge in [0.05, 0.1) is 10.7 Å². The van der Waals surface area contributed by atoms with E-state index in [0.29, 0.717) is 15.7 Å². The molecular formula is C11H8Cl2N2O3. The van der Waals surface area contributed by atoms with Gasteiger partial charge in [0.15, 0.2) is 5.69 Å². The van der Waals surface area contributed by atoms with Gasteiger partial charge in [-0.05, 0) is 24.6 Å². The molecule has 1 heterocycles. The molecule has 2 rings (SSSR count). The van der Waals surface area contributed by atoms with Gasteiger partial charge >= 0.3 is 5.97 Å². The Morgan fingerprint density at radius 2 is 2.11 bits per heavy atom. The Morgan fingerprint density at radius 3 is 2.72 bits per heavy atom. The molecule has 0 bridgehead atoms. The number of aromatic carboxylic acids is 1. The van der Waals surface area contributed by atoms with Crippen LogP contribution in [0, 0.1) is 6.92 Å². The number of benzene rings is 1. The Morgan fingerprint density at radius 1 is 1.39 bits per heavy atom. The largest absolute Gasteiger partial charge is 0.476 e. The van der Waals surface area contributed by atoms with Crippen LogP contribution in [0.5, 0.6) is 0 Å². The quantitative estimate of drug-likeness (QED) is 0.899. The second-order valence-corrected chi connectivity index (χ2v) is 4.36. The average Bonchev–Trinajstić information content (AvgIpc) is 2.74. The van der Waals surface area contributed by atoms with Gasteiger partial charge in [-0.2, -0.15) is 4.98 Å². The van der Waals surface area contributed by atoms with Crippen molar-refractivity contribution in [1.29, 1.82) is 0 Å². The van der Waals surface area contributed by atoms with E-state index in [1.54, 1.807) is 12.1 Å². The summed E-state index contributed by atoms with van der Waals surface area (Å²) in [5.41, 5.74) is 1.14. The standard InChI is InChI=1S/C11H8Cl2N2O3/c1-5-2-7(13)8(3-6(5)12)14-11-15-9(4-18-11)10(16)17/h2-4H,1H3,(H,14,15)(H,16,17). The fourth-order valence-corrected chi connectivity index (χ4v) is 1.72. The molecule has 5 nitrogen and oxygen atoms in total. The van der Waals surface area contributed by atoms with Crippen molar-refractivity contribution < 1.29 is 14.3 Å². The minimum atomic E-state index is -1.17. The van der Waals surface area contributed by atoms with Crippen LogP contribution in [0.2, 0.25) is 10.0 Å². The van der Waals surface area contributed by atoms with E-state index in [4.69, 9.17) is 32.7 Å². The van der Waals surface area contributed by atoms with Crippen LogP contribution in [0.15, 0.2) is 22.8 Å². The van der Waals surface area contributed by atoms with E-state index in [0.717, 1.165) is 11.8 Å². The monoisotopic (exact) mass is 286 g/mol.